The highest BCUT2D eigenvalue weighted by Crippen LogP contribution is 2.42. The van der Waals surface area contributed by atoms with Crippen molar-refractivity contribution in [3.8, 4) is 0 Å². The molecule has 39 heavy (non-hydrogen) atoms. The molecule has 19 heteroatoms. The van der Waals surface area contributed by atoms with Crippen molar-refractivity contribution in [2.45, 2.75) is 16.6 Å². The molecule has 0 radical (unpaired) electrons. The fourth-order valence-electron chi connectivity index (χ4n) is 3.39. The van der Waals surface area contributed by atoms with Crippen LogP contribution in [0.3, 0.4) is 0 Å². The van der Waals surface area contributed by atoms with E-state index in [2.05, 4.69) is 37.6 Å². The van der Waals surface area contributed by atoms with Crippen molar-refractivity contribution in [1.82, 2.24) is 35.4 Å². The van der Waals surface area contributed by atoms with Crippen LogP contribution >= 0.6 is 46.5 Å². The van der Waals surface area contributed by atoms with Crippen LogP contribution in [0.4, 0.5) is 0 Å². The number of halogens is 1. The Morgan fingerprint density at radius 2 is 2.18 bits per heavy atom. The fraction of sp³-hybridized carbons (Fsp3) is 0.350. The number of fused-ring (bicyclic) bond motifs is 1. The van der Waals surface area contributed by atoms with E-state index in [1.54, 1.807) is 7.05 Å². The number of thiazole rings is 1. The zero-order chi connectivity index (χ0) is 28.1. The third-order valence-corrected chi connectivity index (χ3v) is 8.21. The Kier molecular flexibility index (Phi) is 9.20. The van der Waals surface area contributed by atoms with Gasteiger partial charge in [0.05, 0.1) is 5.51 Å². The van der Waals surface area contributed by atoms with Crippen LogP contribution in [0.15, 0.2) is 44.1 Å². The summed E-state index contributed by atoms with van der Waals surface area (Å²) in [5.41, 5.74) is 1.96. The van der Waals surface area contributed by atoms with Crippen LogP contribution in [-0.2, 0) is 35.8 Å². The number of hydrogen-bond acceptors (Lipinski definition) is 14. The minimum atomic E-state index is -1.28. The van der Waals surface area contributed by atoms with Crippen LogP contribution in [0.2, 0.25) is 0 Å². The molecule has 2 aromatic heterocycles. The molecule has 2 N–H and O–H groups in total. The molecule has 2 amide bonds. The third kappa shape index (κ3) is 6.57. The number of ether oxygens (including phenoxy) is 1. The zero-order valence-electron chi connectivity index (χ0n) is 20.0. The predicted molar refractivity (Wildman–Crippen MR) is 140 cm³/mol. The zero-order valence-corrected chi connectivity index (χ0v) is 23.2. The first-order chi connectivity index (χ1) is 18.7. The lowest BCUT2D eigenvalue weighted by molar-refractivity contribution is -0.152. The topological polar surface area (TPSA) is 191 Å². The monoisotopic (exact) mass is 614 g/mol. The Bertz CT molecular complexity index is 1360. The van der Waals surface area contributed by atoms with E-state index in [0.717, 1.165) is 0 Å². The highest BCUT2D eigenvalue weighted by atomic mass is 35.5. The molecule has 2 aliphatic rings. The number of hydrogen-bond donors (Lipinski definition) is 2. The number of amides is 2. The molecule has 0 saturated carbocycles. The molecule has 1 saturated heterocycles. The molecule has 2 atom stereocenters. The molecule has 0 aliphatic carbocycles. The van der Waals surface area contributed by atoms with Crippen molar-refractivity contribution in [3.63, 3.8) is 0 Å². The number of carboxylic acids is 1. The third-order valence-electron chi connectivity index (χ3n) is 5.08. The maximum Gasteiger partial charge on any atom is 0.355 e. The summed E-state index contributed by atoms with van der Waals surface area (Å²) in [4.78, 5) is 60.1. The van der Waals surface area contributed by atoms with Gasteiger partial charge in [0.25, 0.3) is 11.8 Å². The highest BCUT2D eigenvalue weighted by molar-refractivity contribution is 8.01. The number of carbonyl (C=O) groups excluding carboxylic acids is 3. The molecular weight excluding hydrogens is 596 g/mol. The Hall–Kier alpha value is -3.48. The molecule has 4 heterocycles. The number of carbonyl (C=O) groups is 4. The number of aliphatic carboxylic acids is 1. The average molecular weight is 615 g/mol. The van der Waals surface area contributed by atoms with Gasteiger partial charge in [-0.3, -0.25) is 14.5 Å². The summed E-state index contributed by atoms with van der Waals surface area (Å²) in [5.74, 6) is -2.76. The number of nitrogens with one attached hydrogen (secondary N) is 1. The summed E-state index contributed by atoms with van der Waals surface area (Å²) in [5, 5.41) is 27.8. The van der Waals surface area contributed by atoms with Crippen LogP contribution in [0.25, 0.3) is 0 Å². The summed E-state index contributed by atoms with van der Waals surface area (Å²) in [6.45, 7) is 2.48. The SMILES string of the molecule is C=C(Cl)COC(=O)C1=C(CSc2nnnn2C)CS[C@H]2C(NC(=O)C(=NOCC(=O)O)c3cscn3)C(=O)N12. The second kappa shape index (κ2) is 12.6. The number of tetrazole rings is 1. The summed E-state index contributed by atoms with van der Waals surface area (Å²) < 4.78 is 6.71. The Morgan fingerprint density at radius 1 is 1.38 bits per heavy atom. The number of oxime groups is 1. The van der Waals surface area contributed by atoms with E-state index in [9.17, 15) is 19.2 Å². The number of aryl methyl sites for hydroxylation is 1. The van der Waals surface area contributed by atoms with E-state index in [1.807, 2.05) is 0 Å². The first-order valence-corrected chi connectivity index (χ1v) is 14.2. The standard InChI is InChI=1S/C20H19ClN8O7S3/c1-9(21)3-35-19(34)15-10(6-39-20-24-26-27-28(20)2)5-38-18-14(17(33)29(15)18)23-16(32)13(11-7-37-8-22-11)25-36-4-12(30)31/h7-8,14,18H,1,3-6H2,2H3,(H,23,32)(H,30,31)/t14?,18-/m0/s1. The average Bonchev–Trinajstić information content (AvgIpc) is 3.58. The van der Waals surface area contributed by atoms with Crippen LogP contribution in [0, 0.1) is 0 Å². The van der Waals surface area contributed by atoms with Crippen molar-refractivity contribution in [2.75, 3.05) is 24.7 Å². The number of aromatic nitrogens is 5. The van der Waals surface area contributed by atoms with Crippen LogP contribution in [0.1, 0.15) is 5.69 Å². The van der Waals surface area contributed by atoms with Gasteiger partial charge in [-0.1, -0.05) is 35.1 Å². The van der Waals surface area contributed by atoms with Crippen LogP contribution < -0.4 is 5.32 Å². The quantitative estimate of drug-likeness (QED) is 0.108. The smallest absolute Gasteiger partial charge is 0.355 e. The van der Waals surface area contributed by atoms with Gasteiger partial charge in [-0.15, -0.1) is 28.2 Å². The van der Waals surface area contributed by atoms with Gasteiger partial charge in [-0.2, -0.15) is 0 Å². The number of rotatable bonds is 12. The number of esters is 1. The largest absolute Gasteiger partial charge is 0.479 e. The maximum atomic E-state index is 13.2. The first kappa shape index (κ1) is 28.5. The molecule has 0 spiro atoms. The minimum absolute atomic E-state index is 0.0491. The lowest BCUT2D eigenvalue weighted by atomic mass is 10.0. The van der Waals surface area contributed by atoms with E-state index in [0.29, 0.717) is 22.2 Å². The minimum Gasteiger partial charge on any atom is -0.479 e. The lowest BCUT2D eigenvalue weighted by Gasteiger charge is -2.49. The van der Waals surface area contributed by atoms with E-state index < -0.39 is 41.8 Å². The van der Waals surface area contributed by atoms with Gasteiger partial charge in [0.15, 0.2) is 5.71 Å². The second-order valence-electron chi connectivity index (χ2n) is 7.76. The predicted octanol–water partition coefficient (Wildman–Crippen LogP) is 0.214. The summed E-state index contributed by atoms with van der Waals surface area (Å²) >= 11 is 9.55. The molecule has 1 unspecified atom stereocenters. The summed E-state index contributed by atoms with van der Waals surface area (Å²) in [7, 11) is 1.67. The molecule has 206 valence electrons. The van der Waals surface area contributed by atoms with E-state index >= 15 is 0 Å². The normalized spacial score (nSPS) is 18.8. The van der Waals surface area contributed by atoms with Crippen molar-refractivity contribution < 1.29 is 33.9 Å². The molecule has 4 rings (SSSR count). The van der Waals surface area contributed by atoms with Crippen molar-refractivity contribution in [2.24, 2.45) is 12.2 Å². The Balaban J connectivity index is 1.53. The van der Waals surface area contributed by atoms with Gasteiger partial charge in [0.1, 0.15) is 29.4 Å². The second-order valence-corrected chi connectivity index (χ2v) is 11.1. The van der Waals surface area contributed by atoms with Crippen LogP contribution in [0.5, 0.6) is 0 Å². The number of carboxylic acid groups (broad SMARTS) is 1. The van der Waals surface area contributed by atoms with Crippen molar-refractivity contribution in [1.29, 1.82) is 0 Å². The first-order valence-electron chi connectivity index (χ1n) is 10.8. The van der Waals surface area contributed by atoms with Crippen molar-refractivity contribution in [3.05, 3.63) is 39.5 Å². The summed E-state index contributed by atoms with van der Waals surface area (Å²) in [6.07, 6.45) is 0. The van der Waals surface area contributed by atoms with Gasteiger partial charge in [0, 0.05) is 29.0 Å². The van der Waals surface area contributed by atoms with E-state index in [1.165, 1.54) is 55.3 Å². The fourth-order valence-corrected chi connectivity index (χ4v) is 6.31. The van der Waals surface area contributed by atoms with Crippen molar-refractivity contribution >= 4 is 75.9 Å². The molecule has 1 fully saturated rings. The van der Waals surface area contributed by atoms with Gasteiger partial charge >= 0.3 is 11.9 Å². The molecular formula is C20H19ClN8O7S3. The Morgan fingerprint density at radius 3 is 2.82 bits per heavy atom. The molecule has 0 aromatic carbocycles. The summed E-state index contributed by atoms with van der Waals surface area (Å²) in [6, 6.07) is -1.01. The van der Waals surface area contributed by atoms with E-state index in [-0.39, 0.29) is 28.7 Å². The molecule has 15 nitrogen and oxygen atoms in total. The van der Waals surface area contributed by atoms with Gasteiger partial charge < -0.3 is 20.0 Å². The Labute approximate surface area is 237 Å². The maximum absolute atomic E-state index is 13.2. The van der Waals surface area contributed by atoms with E-state index in [4.69, 9.17) is 26.3 Å². The van der Waals surface area contributed by atoms with Crippen LogP contribution in [-0.4, -0.2) is 101 Å². The molecule has 0 bridgehead atoms. The molecule has 2 aromatic rings. The number of thioether (sulfide) groups is 2. The number of nitrogens with zero attached hydrogens (tertiary/aromatic N) is 7. The highest BCUT2D eigenvalue weighted by Gasteiger charge is 2.54. The van der Waals surface area contributed by atoms with Gasteiger partial charge in [-0.05, 0) is 16.0 Å². The molecule has 2 aliphatic heterocycles. The van der Waals surface area contributed by atoms with Gasteiger partial charge in [-0.25, -0.2) is 19.3 Å². The number of β-lactam (4-membered cyclic amide) rings is 1. The lowest BCUT2D eigenvalue weighted by Crippen LogP contribution is -2.71. The van der Waals surface area contributed by atoms with Gasteiger partial charge in [0.2, 0.25) is 11.8 Å².